The van der Waals surface area contributed by atoms with E-state index in [1.54, 1.807) is 0 Å². The third-order valence-electron chi connectivity index (χ3n) is 1.76. The van der Waals surface area contributed by atoms with Gasteiger partial charge in [0.05, 0.1) is 12.5 Å². The summed E-state index contributed by atoms with van der Waals surface area (Å²) in [5, 5.41) is 2.59. The normalized spacial score (nSPS) is 22.1. The van der Waals surface area contributed by atoms with Crippen LogP contribution in [-0.4, -0.2) is 25.0 Å². The number of amides is 1. The third kappa shape index (κ3) is 2.22. The predicted molar refractivity (Wildman–Crippen MR) is 42.4 cm³/mol. The first-order valence-electron chi connectivity index (χ1n) is 4.17. The molecule has 1 saturated heterocycles. The van der Waals surface area contributed by atoms with Crippen molar-refractivity contribution in [2.75, 3.05) is 13.2 Å². The molecular formula is C8H13NO3. The molecule has 1 aliphatic heterocycles. The van der Waals surface area contributed by atoms with E-state index in [-0.39, 0.29) is 24.2 Å². The average molecular weight is 171 g/mol. The highest BCUT2D eigenvalue weighted by molar-refractivity contribution is 5.86. The van der Waals surface area contributed by atoms with Gasteiger partial charge in [0.15, 0.2) is 0 Å². The molecule has 1 N–H and O–H groups in total. The fourth-order valence-electron chi connectivity index (χ4n) is 1.09. The Morgan fingerprint density at radius 2 is 2.50 bits per heavy atom. The highest BCUT2D eigenvalue weighted by atomic mass is 16.5. The largest absolute Gasteiger partial charge is 0.465 e. The lowest BCUT2D eigenvalue weighted by atomic mass is 10.1. The highest BCUT2D eigenvalue weighted by Gasteiger charge is 2.28. The first-order valence-corrected chi connectivity index (χ1v) is 4.17. The van der Waals surface area contributed by atoms with E-state index in [0.29, 0.717) is 13.2 Å². The van der Waals surface area contributed by atoms with Gasteiger partial charge >= 0.3 is 5.97 Å². The third-order valence-corrected chi connectivity index (χ3v) is 1.76. The molecule has 4 heteroatoms. The minimum Gasteiger partial charge on any atom is -0.465 e. The van der Waals surface area contributed by atoms with Crippen LogP contribution < -0.4 is 5.32 Å². The van der Waals surface area contributed by atoms with E-state index in [4.69, 9.17) is 4.74 Å². The molecular weight excluding hydrogens is 158 g/mol. The van der Waals surface area contributed by atoms with Gasteiger partial charge in [0.25, 0.3) is 0 Å². The molecule has 68 valence electrons. The molecule has 0 aromatic heterocycles. The quantitative estimate of drug-likeness (QED) is 0.611. The molecule has 1 atom stereocenters. The summed E-state index contributed by atoms with van der Waals surface area (Å²) < 4.78 is 4.89. The molecule has 1 rings (SSSR count). The SMILES string of the molecule is CCCOC(=O)C1CNC(=O)C1. The van der Waals surface area contributed by atoms with Gasteiger partial charge in [-0.25, -0.2) is 0 Å². The van der Waals surface area contributed by atoms with Crippen LogP contribution in [0.1, 0.15) is 19.8 Å². The van der Waals surface area contributed by atoms with Crippen LogP contribution in [0.5, 0.6) is 0 Å². The van der Waals surface area contributed by atoms with Crippen molar-refractivity contribution in [2.45, 2.75) is 19.8 Å². The van der Waals surface area contributed by atoms with Crippen LogP contribution >= 0.6 is 0 Å². The summed E-state index contributed by atoms with van der Waals surface area (Å²) in [6.07, 6.45) is 1.10. The number of esters is 1. The Hall–Kier alpha value is -1.06. The monoisotopic (exact) mass is 171 g/mol. The molecule has 0 aromatic carbocycles. The van der Waals surface area contributed by atoms with E-state index >= 15 is 0 Å². The summed E-state index contributed by atoms with van der Waals surface area (Å²) in [4.78, 5) is 21.8. The van der Waals surface area contributed by atoms with Crippen LogP contribution in [0.15, 0.2) is 0 Å². The molecule has 0 radical (unpaired) electrons. The highest BCUT2D eigenvalue weighted by Crippen LogP contribution is 2.10. The van der Waals surface area contributed by atoms with Gasteiger partial charge in [0, 0.05) is 13.0 Å². The van der Waals surface area contributed by atoms with Crippen molar-refractivity contribution in [3.8, 4) is 0 Å². The summed E-state index contributed by atoms with van der Waals surface area (Å²) in [6, 6.07) is 0. The number of ether oxygens (including phenoxy) is 1. The van der Waals surface area contributed by atoms with Gasteiger partial charge < -0.3 is 10.1 Å². The molecule has 1 amide bonds. The molecule has 12 heavy (non-hydrogen) atoms. The summed E-state index contributed by atoms with van der Waals surface area (Å²) in [5.41, 5.74) is 0. The maximum atomic E-state index is 11.1. The fourth-order valence-corrected chi connectivity index (χ4v) is 1.09. The second-order valence-electron chi connectivity index (χ2n) is 2.87. The minimum absolute atomic E-state index is 0.0616. The second kappa shape index (κ2) is 4.09. The molecule has 0 aromatic rings. The van der Waals surface area contributed by atoms with Crippen LogP contribution in [0.3, 0.4) is 0 Å². The van der Waals surface area contributed by atoms with E-state index in [0.717, 1.165) is 6.42 Å². The number of carbonyl (C=O) groups excluding carboxylic acids is 2. The maximum Gasteiger partial charge on any atom is 0.311 e. The molecule has 0 bridgehead atoms. The first-order chi connectivity index (χ1) is 5.74. The minimum atomic E-state index is -0.260. The topological polar surface area (TPSA) is 55.4 Å². The Balaban J connectivity index is 2.28. The van der Waals surface area contributed by atoms with Crippen LogP contribution in [0.4, 0.5) is 0 Å². The average Bonchev–Trinajstić information content (AvgIpc) is 2.47. The van der Waals surface area contributed by atoms with Gasteiger partial charge in [0.1, 0.15) is 0 Å². The molecule has 1 aliphatic rings. The summed E-state index contributed by atoms with van der Waals surface area (Å²) in [7, 11) is 0. The first kappa shape index (κ1) is 9.03. The number of rotatable bonds is 3. The number of hydrogen-bond acceptors (Lipinski definition) is 3. The molecule has 1 heterocycles. The zero-order chi connectivity index (χ0) is 8.97. The summed E-state index contributed by atoms with van der Waals surface area (Å²) in [6.45, 7) is 2.82. The molecule has 1 unspecified atom stereocenters. The fraction of sp³-hybridized carbons (Fsp3) is 0.750. The zero-order valence-corrected chi connectivity index (χ0v) is 7.13. The smallest absolute Gasteiger partial charge is 0.311 e. The van der Waals surface area contributed by atoms with Gasteiger partial charge in [-0.1, -0.05) is 6.92 Å². The van der Waals surface area contributed by atoms with Crippen molar-refractivity contribution in [2.24, 2.45) is 5.92 Å². The number of hydrogen-bond donors (Lipinski definition) is 1. The van der Waals surface area contributed by atoms with Gasteiger partial charge in [-0.3, -0.25) is 9.59 Å². The van der Waals surface area contributed by atoms with Crippen molar-refractivity contribution in [1.29, 1.82) is 0 Å². The summed E-state index contributed by atoms with van der Waals surface area (Å²) >= 11 is 0. The van der Waals surface area contributed by atoms with E-state index in [2.05, 4.69) is 5.32 Å². The molecule has 0 saturated carbocycles. The summed E-state index contributed by atoms with van der Waals surface area (Å²) in [5.74, 6) is -0.576. The Morgan fingerprint density at radius 1 is 1.75 bits per heavy atom. The van der Waals surface area contributed by atoms with E-state index in [9.17, 15) is 9.59 Å². The Bertz CT molecular complexity index is 191. The molecule has 0 aliphatic carbocycles. The number of carbonyl (C=O) groups is 2. The van der Waals surface area contributed by atoms with Gasteiger partial charge in [0.2, 0.25) is 5.91 Å². The van der Waals surface area contributed by atoms with Crippen molar-refractivity contribution in [1.82, 2.24) is 5.32 Å². The lowest BCUT2D eigenvalue weighted by Crippen LogP contribution is -2.20. The Morgan fingerprint density at radius 3 is 3.00 bits per heavy atom. The van der Waals surface area contributed by atoms with Gasteiger partial charge in [-0.2, -0.15) is 0 Å². The standard InChI is InChI=1S/C8H13NO3/c1-2-3-12-8(11)6-4-7(10)9-5-6/h6H,2-5H2,1H3,(H,9,10). The van der Waals surface area contributed by atoms with Crippen LogP contribution in [-0.2, 0) is 14.3 Å². The number of nitrogens with one attached hydrogen (secondary N) is 1. The van der Waals surface area contributed by atoms with Crippen molar-refractivity contribution >= 4 is 11.9 Å². The van der Waals surface area contributed by atoms with Crippen molar-refractivity contribution < 1.29 is 14.3 Å². The zero-order valence-electron chi connectivity index (χ0n) is 7.13. The van der Waals surface area contributed by atoms with E-state index in [1.807, 2.05) is 6.92 Å². The van der Waals surface area contributed by atoms with E-state index in [1.165, 1.54) is 0 Å². The molecule has 1 fully saturated rings. The van der Waals surface area contributed by atoms with Gasteiger partial charge in [-0.15, -0.1) is 0 Å². The van der Waals surface area contributed by atoms with Crippen molar-refractivity contribution in [3.05, 3.63) is 0 Å². The maximum absolute atomic E-state index is 11.1. The Labute approximate surface area is 71.3 Å². The molecule has 4 nitrogen and oxygen atoms in total. The lowest BCUT2D eigenvalue weighted by molar-refractivity contribution is -0.148. The van der Waals surface area contributed by atoms with Crippen LogP contribution in [0, 0.1) is 5.92 Å². The lowest BCUT2D eigenvalue weighted by Gasteiger charge is -2.06. The Kier molecular flexibility index (Phi) is 3.08. The van der Waals surface area contributed by atoms with Crippen LogP contribution in [0.25, 0.3) is 0 Å². The van der Waals surface area contributed by atoms with Crippen molar-refractivity contribution in [3.63, 3.8) is 0 Å². The van der Waals surface area contributed by atoms with Gasteiger partial charge in [-0.05, 0) is 6.42 Å². The van der Waals surface area contributed by atoms with E-state index < -0.39 is 0 Å². The van der Waals surface area contributed by atoms with Crippen LogP contribution in [0.2, 0.25) is 0 Å². The second-order valence-corrected chi connectivity index (χ2v) is 2.87. The molecule has 0 spiro atoms. The predicted octanol–water partition coefficient (Wildman–Crippen LogP) is 0.0757.